The fourth-order valence-corrected chi connectivity index (χ4v) is 5.77. The van der Waals surface area contributed by atoms with Crippen molar-refractivity contribution in [2.24, 2.45) is 0 Å². The molecule has 2 fully saturated rings. The van der Waals surface area contributed by atoms with Crippen molar-refractivity contribution >= 4 is 33.6 Å². The van der Waals surface area contributed by atoms with Gasteiger partial charge in [-0.3, -0.25) is 19.8 Å². The molecule has 2 aliphatic rings. The van der Waals surface area contributed by atoms with Crippen LogP contribution in [0, 0.1) is 0 Å². The van der Waals surface area contributed by atoms with E-state index in [1.807, 2.05) is 4.90 Å². The van der Waals surface area contributed by atoms with Gasteiger partial charge >= 0.3 is 6.18 Å². The molecule has 4 atom stereocenters. The lowest BCUT2D eigenvalue weighted by molar-refractivity contribution is -0.161. The first kappa shape index (κ1) is 26.6. The van der Waals surface area contributed by atoms with Crippen molar-refractivity contribution in [1.29, 1.82) is 0 Å². The third-order valence-electron chi connectivity index (χ3n) is 7.73. The summed E-state index contributed by atoms with van der Waals surface area (Å²) in [6.45, 7) is 5.11. The third kappa shape index (κ3) is 5.03. The van der Waals surface area contributed by atoms with Gasteiger partial charge in [0.1, 0.15) is 28.7 Å². The molecule has 0 saturated carbocycles. The van der Waals surface area contributed by atoms with Crippen molar-refractivity contribution in [2.75, 3.05) is 20.1 Å². The van der Waals surface area contributed by atoms with Gasteiger partial charge in [0, 0.05) is 47.9 Å². The maximum absolute atomic E-state index is 14.2. The molecule has 1 aromatic heterocycles. The van der Waals surface area contributed by atoms with Crippen LogP contribution in [0.3, 0.4) is 0 Å². The molecule has 6 nitrogen and oxygen atoms in total. The van der Waals surface area contributed by atoms with E-state index < -0.39 is 36.1 Å². The fraction of sp³-hybridized carbons (Fsp3) is 0.500. The van der Waals surface area contributed by atoms with Gasteiger partial charge in [0.15, 0.2) is 0 Å². The Balaban J connectivity index is 1.46. The molecule has 0 aliphatic carbocycles. The number of carbonyl (C=O) groups is 2. The Morgan fingerprint density at radius 2 is 1.76 bits per heavy atom. The highest BCUT2D eigenvalue weighted by atomic mass is 19.4. The summed E-state index contributed by atoms with van der Waals surface area (Å²) in [7, 11) is 2.06. The largest absolute Gasteiger partial charge is 0.456 e. The van der Waals surface area contributed by atoms with Crippen LogP contribution in [0.5, 0.6) is 0 Å². The molecule has 4 unspecified atom stereocenters. The number of nitrogens with one attached hydrogen (secondary N) is 1. The zero-order valence-electron chi connectivity index (χ0n) is 21.7. The van der Waals surface area contributed by atoms with Crippen molar-refractivity contribution in [1.82, 2.24) is 15.1 Å². The molecule has 3 aromatic rings. The van der Waals surface area contributed by atoms with Crippen molar-refractivity contribution in [2.45, 2.75) is 69.6 Å². The number of furan rings is 1. The van der Waals surface area contributed by atoms with Crippen LogP contribution in [0.15, 0.2) is 40.8 Å². The first-order valence-electron chi connectivity index (χ1n) is 12.7. The molecule has 2 saturated heterocycles. The zero-order valence-corrected chi connectivity index (χ0v) is 21.7. The molecule has 2 aromatic carbocycles. The Labute approximate surface area is 217 Å². The molecular formula is C28H31F4N3O3. The van der Waals surface area contributed by atoms with Crippen molar-refractivity contribution in [3.05, 3.63) is 47.5 Å². The highest BCUT2D eigenvalue weighted by Crippen LogP contribution is 2.38. The van der Waals surface area contributed by atoms with Crippen LogP contribution >= 0.6 is 0 Å². The maximum atomic E-state index is 14.2. The molecule has 1 N–H and O–H groups in total. The normalized spacial score (nSPS) is 21.9. The standard InChI is InChI=1S/C28H31F4N3O3/c1-15(36)22(12-27(2,3)29)33-25(28(30,31)32)16-5-7-20-21-9-17(6-8-23(21)38-24(20)10-16)26(37)35-14-18-11-19(35)13-34(18)4/h5-10,18-19,22,25,33H,11-14H2,1-4H3. The Morgan fingerprint density at radius 3 is 2.34 bits per heavy atom. The van der Waals surface area contributed by atoms with E-state index in [9.17, 15) is 27.2 Å². The summed E-state index contributed by atoms with van der Waals surface area (Å²) in [6.07, 6.45) is -4.17. The van der Waals surface area contributed by atoms with E-state index in [-0.39, 0.29) is 23.1 Å². The SMILES string of the molecule is CC(=O)C(CC(C)(C)F)NC(c1ccc2c(c1)oc1ccc(C(=O)N3CC4CC3CN4C)cc12)C(F)(F)F. The van der Waals surface area contributed by atoms with E-state index in [0.29, 0.717) is 34.5 Å². The number of ketones is 1. The van der Waals surface area contributed by atoms with Crippen molar-refractivity contribution in [3.63, 3.8) is 0 Å². The minimum absolute atomic E-state index is 0.0640. The summed E-state index contributed by atoms with van der Waals surface area (Å²) in [6, 6.07) is 6.25. The quantitative estimate of drug-likeness (QED) is 0.412. The number of nitrogens with zero attached hydrogens (tertiary/aromatic N) is 2. The molecule has 2 bridgehead atoms. The second-order valence-corrected chi connectivity index (χ2v) is 11.2. The van der Waals surface area contributed by atoms with Crippen LogP contribution in [0.1, 0.15) is 55.6 Å². The summed E-state index contributed by atoms with van der Waals surface area (Å²) in [5.74, 6) is -0.643. The predicted octanol–water partition coefficient (Wildman–Crippen LogP) is 5.40. The van der Waals surface area contributed by atoms with Crippen LogP contribution in [0.4, 0.5) is 17.6 Å². The van der Waals surface area contributed by atoms with Gasteiger partial charge in [-0.05, 0) is 64.1 Å². The summed E-state index contributed by atoms with van der Waals surface area (Å²) in [5.41, 5.74) is -0.797. The maximum Gasteiger partial charge on any atom is 0.407 e. The number of alkyl halides is 4. The third-order valence-corrected chi connectivity index (χ3v) is 7.73. The average molecular weight is 534 g/mol. The summed E-state index contributed by atoms with van der Waals surface area (Å²) >= 11 is 0. The molecule has 204 valence electrons. The minimum Gasteiger partial charge on any atom is -0.456 e. The number of likely N-dealkylation sites (tertiary alicyclic amines) is 2. The number of Topliss-reactive ketones (excluding diaryl/α,β-unsaturated/α-hetero) is 1. The van der Waals surface area contributed by atoms with Gasteiger partial charge in [-0.2, -0.15) is 13.2 Å². The molecule has 38 heavy (non-hydrogen) atoms. The van der Waals surface area contributed by atoms with E-state index in [1.54, 1.807) is 18.2 Å². The molecule has 1 amide bonds. The Hall–Kier alpha value is -2.98. The number of piperazine rings is 1. The lowest BCUT2D eigenvalue weighted by atomic mass is 9.95. The topological polar surface area (TPSA) is 65.8 Å². The fourth-order valence-electron chi connectivity index (χ4n) is 5.77. The average Bonchev–Trinajstić information content (AvgIpc) is 3.50. The highest BCUT2D eigenvalue weighted by molar-refractivity contribution is 6.08. The number of amides is 1. The van der Waals surface area contributed by atoms with Crippen molar-refractivity contribution in [3.8, 4) is 0 Å². The van der Waals surface area contributed by atoms with Crippen molar-refractivity contribution < 1.29 is 31.6 Å². The summed E-state index contributed by atoms with van der Waals surface area (Å²) in [4.78, 5) is 29.4. The summed E-state index contributed by atoms with van der Waals surface area (Å²) in [5, 5.41) is 3.54. The molecular weight excluding hydrogens is 502 g/mol. The second-order valence-electron chi connectivity index (χ2n) is 11.2. The smallest absolute Gasteiger partial charge is 0.407 e. The number of benzene rings is 2. The van der Waals surface area contributed by atoms with Gasteiger partial charge in [0.2, 0.25) is 0 Å². The lowest BCUT2D eigenvalue weighted by Gasteiger charge is -2.32. The van der Waals surface area contributed by atoms with E-state index in [4.69, 9.17) is 4.42 Å². The second kappa shape index (κ2) is 9.34. The monoisotopic (exact) mass is 533 g/mol. The number of halogens is 4. The molecule has 0 radical (unpaired) electrons. The molecule has 0 spiro atoms. The number of likely N-dealkylation sites (N-methyl/N-ethyl adjacent to an activating group) is 1. The number of fused-ring (bicyclic) bond motifs is 5. The van der Waals surface area contributed by atoms with Gasteiger partial charge < -0.3 is 9.32 Å². The van der Waals surface area contributed by atoms with E-state index in [1.165, 1.54) is 32.0 Å². The number of hydrogen-bond donors (Lipinski definition) is 1. The Morgan fingerprint density at radius 1 is 1.03 bits per heavy atom. The van der Waals surface area contributed by atoms with E-state index in [2.05, 4.69) is 17.3 Å². The first-order valence-corrected chi connectivity index (χ1v) is 12.7. The van der Waals surface area contributed by atoms with Crippen LogP contribution in [0.25, 0.3) is 21.9 Å². The Kier molecular flexibility index (Phi) is 6.54. The minimum atomic E-state index is -4.74. The van der Waals surface area contributed by atoms with Gasteiger partial charge in [0.25, 0.3) is 5.91 Å². The highest BCUT2D eigenvalue weighted by Gasteiger charge is 2.45. The predicted molar refractivity (Wildman–Crippen MR) is 136 cm³/mol. The Bertz CT molecular complexity index is 1390. The molecule has 3 heterocycles. The summed E-state index contributed by atoms with van der Waals surface area (Å²) < 4.78 is 62.4. The van der Waals surface area contributed by atoms with Gasteiger partial charge in [0.05, 0.1) is 6.04 Å². The van der Waals surface area contributed by atoms with Crippen LogP contribution in [-0.4, -0.2) is 71.6 Å². The van der Waals surface area contributed by atoms with Crippen LogP contribution in [-0.2, 0) is 4.79 Å². The first-order chi connectivity index (χ1) is 17.7. The van der Waals surface area contributed by atoms with Gasteiger partial charge in [-0.1, -0.05) is 12.1 Å². The van der Waals surface area contributed by atoms with Gasteiger partial charge in [-0.25, -0.2) is 4.39 Å². The molecule has 10 heteroatoms. The number of hydrogen-bond acceptors (Lipinski definition) is 5. The van der Waals surface area contributed by atoms with Gasteiger partial charge in [-0.15, -0.1) is 0 Å². The lowest BCUT2D eigenvalue weighted by Crippen LogP contribution is -2.47. The van der Waals surface area contributed by atoms with Crippen LogP contribution in [0.2, 0.25) is 0 Å². The molecule has 2 aliphatic heterocycles. The van der Waals surface area contributed by atoms with E-state index in [0.717, 1.165) is 19.9 Å². The van der Waals surface area contributed by atoms with Crippen LogP contribution < -0.4 is 5.32 Å². The van der Waals surface area contributed by atoms with E-state index >= 15 is 0 Å². The number of rotatable bonds is 7. The number of carbonyl (C=O) groups excluding carboxylic acids is 2. The molecule has 5 rings (SSSR count). The zero-order chi connectivity index (χ0) is 27.6.